The molecule has 3 heteroatoms. The third kappa shape index (κ3) is 2.14. The van der Waals surface area contributed by atoms with E-state index in [-0.39, 0.29) is 5.97 Å². The van der Waals surface area contributed by atoms with Crippen molar-refractivity contribution < 1.29 is 9.53 Å². The van der Waals surface area contributed by atoms with Crippen LogP contribution in [-0.2, 0) is 9.53 Å². The van der Waals surface area contributed by atoms with Gasteiger partial charge in [0.2, 0.25) is 0 Å². The van der Waals surface area contributed by atoms with E-state index >= 15 is 0 Å². The molecule has 1 aliphatic heterocycles. The summed E-state index contributed by atoms with van der Waals surface area (Å²) in [5.41, 5.74) is 2.67. The molecule has 1 aliphatic rings. The molecule has 1 aromatic rings. The van der Waals surface area contributed by atoms with E-state index in [0.29, 0.717) is 5.76 Å². The molecule has 1 heterocycles. The minimum atomic E-state index is -0.304. The summed E-state index contributed by atoms with van der Waals surface area (Å²) in [6.45, 7) is 3.74. The number of para-hydroxylation sites is 1. The predicted octanol–water partition coefficient (Wildman–Crippen LogP) is 2.83. The van der Waals surface area contributed by atoms with Crippen molar-refractivity contribution in [1.82, 2.24) is 0 Å². The number of rotatable bonds is 2. The van der Waals surface area contributed by atoms with Crippen LogP contribution in [0.3, 0.4) is 0 Å². The fourth-order valence-electron chi connectivity index (χ4n) is 1.62. The molecule has 0 amide bonds. The lowest BCUT2D eigenvalue weighted by atomic mass is 10.2. The van der Waals surface area contributed by atoms with Gasteiger partial charge in [-0.3, -0.25) is 0 Å². The van der Waals surface area contributed by atoms with Crippen molar-refractivity contribution in [3.63, 3.8) is 0 Å². The topological polar surface area (TPSA) is 38.3 Å². The minimum Gasteiger partial charge on any atom is -0.421 e. The van der Waals surface area contributed by atoms with Crippen molar-refractivity contribution in [3.05, 3.63) is 53.4 Å². The van der Waals surface area contributed by atoms with Crippen LogP contribution in [0.4, 0.5) is 5.69 Å². The summed E-state index contributed by atoms with van der Waals surface area (Å²) >= 11 is 0. The largest absolute Gasteiger partial charge is 0.421 e. The summed E-state index contributed by atoms with van der Waals surface area (Å²) < 4.78 is 5.09. The number of hydrogen-bond acceptors (Lipinski definition) is 3. The Hall–Kier alpha value is -2.03. The Morgan fingerprint density at radius 1 is 1.25 bits per heavy atom. The SMILES string of the molecule is CC1=CC(=O)O/C1=C(\C)Nc1ccccc1. The lowest BCUT2D eigenvalue weighted by molar-refractivity contribution is -0.132. The predicted molar refractivity (Wildman–Crippen MR) is 62.6 cm³/mol. The molecule has 1 aromatic carbocycles. The van der Waals surface area contributed by atoms with Crippen LogP contribution in [0.5, 0.6) is 0 Å². The van der Waals surface area contributed by atoms with E-state index in [1.165, 1.54) is 6.08 Å². The molecule has 3 nitrogen and oxygen atoms in total. The van der Waals surface area contributed by atoms with Crippen molar-refractivity contribution in [2.45, 2.75) is 13.8 Å². The normalized spacial score (nSPS) is 17.9. The highest BCUT2D eigenvalue weighted by atomic mass is 16.5. The van der Waals surface area contributed by atoms with Crippen molar-refractivity contribution in [1.29, 1.82) is 0 Å². The lowest BCUT2D eigenvalue weighted by Crippen LogP contribution is -2.02. The molecule has 0 spiro atoms. The summed E-state index contributed by atoms with van der Waals surface area (Å²) in [7, 11) is 0. The highest BCUT2D eigenvalue weighted by Crippen LogP contribution is 2.23. The molecule has 1 N–H and O–H groups in total. The molecule has 0 radical (unpaired) electrons. The Balaban J connectivity index is 2.21. The fourth-order valence-corrected chi connectivity index (χ4v) is 1.62. The van der Waals surface area contributed by atoms with E-state index in [0.717, 1.165) is 17.0 Å². The number of ether oxygens (including phenoxy) is 1. The van der Waals surface area contributed by atoms with E-state index in [9.17, 15) is 4.79 Å². The van der Waals surface area contributed by atoms with E-state index in [4.69, 9.17) is 4.74 Å². The zero-order valence-electron chi connectivity index (χ0n) is 9.28. The fraction of sp³-hybridized carbons (Fsp3) is 0.154. The molecule has 0 fully saturated rings. The second kappa shape index (κ2) is 4.23. The Labute approximate surface area is 94.4 Å². The van der Waals surface area contributed by atoms with Crippen LogP contribution in [0.25, 0.3) is 0 Å². The van der Waals surface area contributed by atoms with Crippen LogP contribution in [0.2, 0.25) is 0 Å². The van der Waals surface area contributed by atoms with Gasteiger partial charge in [-0.2, -0.15) is 0 Å². The van der Waals surface area contributed by atoms with Crippen molar-refractivity contribution >= 4 is 11.7 Å². The monoisotopic (exact) mass is 215 g/mol. The first-order chi connectivity index (χ1) is 7.66. The molecule has 0 saturated carbocycles. The number of anilines is 1. The van der Waals surface area contributed by atoms with Gasteiger partial charge in [0.05, 0.1) is 5.70 Å². The van der Waals surface area contributed by atoms with Gasteiger partial charge < -0.3 is 10.1 Å². The third-order valence-electron chi connectivity index (χ3n) is 2.34. The molecule has 16 heavy (non-hydrogen) atoms. The van der Waals surface area contributed by atoms with Crippen LogP contribution in [0, 0.1) is 0 Å². The van der Waals surface area contributed by atoms with E-state index in [2.05, 4.69) is 5.32 Å². The van der Waals surface area contributed by atoms with Gasteiger partial charge in [0.25, 0.3) is 0 Å². The number of esters is 1. The molecule has 0 bridgehead atoms. The molecule has 0 unspecified atom stereocenters. The maximum atomic E-state index is 11.1. The molecular formula is C13H13NO2. The quantitative estimate of drug-likeness (QED) is 0.771. The smallest absolute Gasteiger partial charge is 0.336 e. The van der Waals surface area contributed by atoms with Gasteiger partial charge in [-0.25, -0.2) is 4.79 Å². The summed E-state index contributed by atoms with van der Waals surface area (Å²) in [6.07, 6.45) is 1.49. The van der Waals surface area contributed by atoms with Crippen LogP contribution in [0.1, 0.15) is 13.8 Å². The number of allylic oxidation sites excluding steroid dienone is 2. The number of benzene rings is 1. The average molecular weight is 215 g/mol. The summed E-state index contributed by atoms with van der Waals surface area (Å²) in [5.74, 6) is 0.315. The zero-order chi connectivity index (χ0) is 11.5. The first-order valence-corrected chi connectivity index (χ1v) is 5.10. The van der Waals surface area contributed by atoms with Gasteiger partial charge in [0.15, 0.2) is 5.76 Å². The van der Waals surface area contributed by atoms with E-state index in [1.807, 2.05) is 44.2 Å². The second-order valence-electron chi connectivity index (χ2n) is 3.69. The summed E-state index contributed by atoms with van der Waals surface area (Å²) in [4.78, 5) is 11.1. The number of carbonyl (C=O) groups excluding carboxylic acids is 1. The first kappa shape index (κ1) is 10.5. The van der Waals surface area contributed by atoms with Gasteiger partial charge >= 0.3 is 5.97 Å². The van der Waals surface area contributed by atoms with Gasteiger partial charge in [-0.05, 0) is 26.0 Å². The number of hydrogen-bond donors (Lipinski definition) is 1. The Bertz CT molecular complexity index is 472. The number of carbonyl (C=O) groups is 1. The first-order valence-electron chi connectivity index (χ1n) is 5.10. The highest BCUT2D eigenvalue weighted by Gasteiger charge is 2.18. The average Bonchev–Trinajstić information content (AvgIpc) is 2.59. The van der Waals surface area contributed by atoms with Gasteiger partial charge in [0, 0.05) is 17.3 Å². The Kier molecular flexibility index (Phi) is 2.77. The maximum absolute atomic E-state index is 11.1. The van der Waals surface area contributed by atoms with E-state index < -0.39 is 0 Å². The van der Waals surface area contributed by atoms with E-state index in [1.54, 1.807) is 0 Å². The summed E-state index contributed by atoms with van der Waals surface area (Å²) in [5, 5.41) is 3.20. The van der Waals surface area contributed by atoms with Crippen LogP contribution in [0.15, 0.2) is 53.4 Å². The molecule has 0 saturated heterocycles. The summed E-state index contributed by atoms with van der Waals surface area (Å²) in [6, 6.07) is 9.77. The van der Waals surface area contributed by atoms with Gasteiger partial charge in [-0.15, -0.1) is 0 Å². The third-order valence-corrected chi connectivity index (χ3v) is 2.34. The maximum Gasteiger partial charge on any atom is 0.336 e. The number of nitrogens with one attached hydrogen (secondary N) is 1. The van der Waals surface area contributed by atoms with Gasteiger partial charge in [0.1, 0.15) is 0 Å². The van der Waals surface area contributed by atoms with Crippen molar-refractivity contribution in [3.8, 4) is 0 Å². The Morgan fingerprint density at radius 3 is 2.50 bits per heavy atom. The lowest BCUT2D eigenvalue weighted by Gasteiger charge is -2.09. The molecule has 0 atom stereocenters. The molecule has 0 aromatic heterocycles. The molecule has 2 rings (SSSR count). The van der Waals surface area contributed by atoms with Crippen molar-refractivity contribution in [2.75, 3.05) is 5.32 Å². The minimum absolute atomic E-state index is 0.304. The molecule has 0 aliphatic carbocycles. The zero-order valence-corrected chi connectivity index (χ0v) is 9.28. The standard InChI is InChI=1S/C13H13NO2/c1-9-8-12(15)16-13(9)10(2)14-11-6-4-3-5-7-11/h3-8,14H,1-2H3/b13-10+. The van der Waals surface area contributed by atoms with Crippen LogP contribution in [-0.4, -0.2) is 5.97 Å². The van der Waals surface area contributed by atoms with Crippen LogP contribution >= 0.6 is 0 Å². The number of cyclic esters (lactones) is 1. The molecule has 82 valence electrons. The van der Waals surface area contributed by atoms with Crippen molar-refractivity contribution in [2.24, 2.45) is 0 Å². The Morgan fingerprint density at radius 2 is 1.94 bits per heavy atom. The van der Waals surface area contributed by atoms with Crippen LogP contribution < -0.4 is 5.32 Å². The molecular weight excluding hydrogens is 202 g/mol. The van der Waals surface area contributed by atoms with Gasteiger partial charge in [-0.1, -0.05) is 18.2 Å². The second-order valence-corrected chi connectivity index (χ2v) is 3.69. The highest BCUT2D eigenvalue weighted by molar-refractivity contribution is 5.88.